The van der Waals surface area contributed by atoms with Crippen LogP contribution >= 0.6 is 27.3 Å². The minimum absolute atomic E-state index is 0.132. The Hall–Kier alpha value is -0.630. The van der Waals surface area contributed by atoms with Crippen LogP contribution in [0, 0.1) is 0 Å². The second kappa shape index (κ2) is 3.26. The number of thiazole rings is 1. The van der Waals surface area contributed by atoms with E-state index in [2.05, 4.69) is 20.9 Å². The first kappa shape index (κ1) is 10.5. The number of alkyl halides is 3. The molecule has 0 saturated carbocycles. The molecule has 0 amide bonds. The van der Waals surface area contributed by atoms with E-state index in [9.17, 15) is 18.0 Å². The summed E-state index contributed by atoms with van der Waals surface area (Å²) in [7, 11) is 0. The summed E-state index contributed by atoms with van der Waals surface area (Å²) < 4.78 is 35.8. The Morgan fingerprint density at radius 1 is 1.54 bits per heavy atom. The van der Waals surface area contributed by atoms with Gasteiger partial charge in [0.1, 0.15) is 3.79 Å². The molecule has 0 aromatic carbocycles. The molecule has 0 bridgehead atoms. The van der Waals surface area contributed by atoms with E-state index in [0.717, 1.165) is 0 Å². The highest BCUT2D eigenvalue weighted by Crippen LogP contribution is 2.36. The van der Waals surface area contributed by atoms with Crippen LogP contribution < -0.4 is 0 Å². The molecule has 1 aromatic rings. The van der Waals surface area contributed by atoms with Crippen molar-refractivity contribution in [3.8, 4) is 0 Å². The molecule has 0 aliphatic carbocycles. The fourth-order valence-electron chi connectivity index (χ4n) is 0.555. The van der Waals surface area contributed by atoms with Gasteiger partial charge in [-0.2, -0.15) is 13.2 Å². The van der Waals surface area contributed by atoms with Gasteiger partial charge in [0.25, 0.3) is 0 Å². The summed E-state index contributed by atoms with van der Waals surface area (Å²) in [5.41, 5.74) is -0.614. The molecule has 1 heterocycles. The lowest BCUT2D eigenvalue weighted by molar-refractivity contribution is -0.137. The molecule has 0 atom stereocenters. The van der Waals surface area contributed by atoms with E-state index in [1.54, 1.807) is 0 Å². The third-order valence-corrected chi connectivity index (χ3v) is 2.78. The summed E-state index contributed by atoms with van der Waals surface area (Å²) in [6.07, 6.45) is -4.60. The van der Waals surface area contributed by atoms with Gasteiger partial charge in [0.05, 0.1) is 0 Å². The molecule has 1 aromatic heterocycles. The van der Waals surface area contributed by atoms with E-state index >= 15 is 0 Å². The number of carbonyl (C=O) groups is 1. The molecule has 0 spiro atoms. The molecule has 0 saturated heterocycles. The molecule has 3 nitrogen and oxygen atoms in total. The monoisotopic (exact) mass is 275 g/mol. The maximum absolute atomic E-state index is 12.0. The predicted octanol–water partition coefficient (Wildman–Crippen LogP) is 2.62. The standard InChI is InChI=1S/C5HBrF3NO2S/c6-2-1(3(11)12)10-4(13-2)5(7,8)9/h(H,11,12). The number of halogens is 4. The van der Waals surface area contributed by atoms with Crippen LogP contribution in [0.15, 0.2) is 3.79 Å². The smallest absolute Gasteiger partial charge is 0.443 e. The van der Waals surface area contributed by atoms with Gasteiger partial charge in [0.15, 0.2) is 10.7 Å². The van der Waals surface area contributed by atoms with Crippen LogP contribution in [0.1, 0.15) is 15.5 Å². The zero-order valence-corrected chi connectivity index (χ0v) is 8.13. The van der Waals surface area contributed by atoms with Gasteiger partial charge in [-0.15, -0.1) is 11.3 Å². The van der Waals surface area contributed by atoms with Crippen LogP contribution in [0.25, 0.3) is 0 Å². The van der Waals surface area contributed by atoms with Crippen LogP contribution in [0.2, 0.25) is 0 Å². The van der Waals surface area contributed by atoms with Gasteiger partial charge < -0.3 is 5.11 Å². The van der Waals surface area contributed by atoms with Crippen molar-refractivity contribution in [2.45, 2.75) is 6.18 Å². The van der Waals surface area contributed by atoms with Gasteiger partial charge in [0.2, 0.25) is 0 Å². The van der Waals surface area contributed by atoms with Gasteiger partial charge in [-0.25, -0.2) is 9.78 Å². The molecule has 1 rings (SSSR count). The van der Waals surface area contributed by atoms with Crippen molar-refractivity contribution >= 4 is 33.2 Å². The fraction of sp³-hybridized carbons (Fsp3) is 0.200. The number of aromatic nitrogens is 1. The Morgan fingerprint density at radius 2 is 2.08 bits per heavy atom. The summed E-state index contributed by atoms with van der Waals surface area (Å²) in [6, 6.07) is 0. The van der Waals surface area contributed by atoms with E-state index in [4.69, 9.17) is 5.11 Å². The van der Waals surface area contributed by atoms with Crippen molar-refractivity contribution in [1.82, 2.24) is 4.98 Å². The number of hydrogen-bond acceptors (Lipinski definition) is 3. The second-order valence-electron chi connectivity index (χ2n) is 1.94. The Bertz CT molecular complexity index is 348. The van der Waals surface area contributed by atoms with Crippen molar-refractivity contribution in [3.63, 3.8) is 0 Å². The van der Waals surface area contributed by atoms with Crippen LogP contribution in [0.5, 0.6) is 0 Å². The SMILES string of the molecule is O=C(O)c1nc(C(F)(F)F)sc1Br. The van der Waals surface area contributed by atoms with Gasteiger partial charge in [-0.05, 0) is 15.9 Å². The third kappa shape index (κ3) is 2.19. The first-order valence-electron chi connectivity index (χ1n) is 2.79. The lowest BCUT2D eigenvalue weighted by atomic mass is 10.5. The highest BCUT2D eigenvalue weighted by molar-refractivity contribution is 9.11. The number of rotatable bonds is 1. The number of carboxylic acid groups (broad SMARTS) is 1. The fourth-order valence-corrected chi connectivity index (χ4v) is 1.92. The van der Waals surface area contributed by atoms with Gasteiger partial charge in [-0.3, -0.25) is 0 Å². The molecule has 0 aliphatic rings. The van der Waals surface area contributed by atoms with Crippen molar-refractivity contribution < 1.29 is 23.1 Å². The lowest BCUT2D eigenvalue weighted by Crippen LogP contribution is -2.05. The first-order valence-corrected chi connectivity index (χ1v) is 4.40. The number of aromatic carboxylic acids is 1. The largest absolute Gasteiger partial charge is 0.476 e. The van der Waals surface area contributed by atoms with Gasteiger partial charge >= 0.3 is 12.1 Å². The lowest BCUT2D eigenvalue weighted by Gasteiger charge is -1.98. The molecular formula is C5HBrF3NO2S. The number of nitrogens with zero attached hydrogens (tertiary/aromatic N) is 1. The zero-order chi connectivity index (χ0) is 10.2. The Morgan fingerprint density at radius 3 is 2.31 bits per heavy atom. The zero-order valence-electron chi connectivity index (χ0n) is 5.72. The van der Waals surface area contributed by atoms with Crippen LogP contribution in [0.4, 0.5) is 13.2 Å². The molecule has 0 unspecified atom stereocenters. The topological polar surface area (TPSA) is 50.2 Å². The maximum atomic E-state index is 12.0. The Kier molecular flexibility index (Phi) is 2.62. The van der Waals surface area contributed by atoms with Crippen molar-refractivity contribution in [3.05, 3.63) is 14.5 Å². The van der Waals surface area contributed by atoms with Crippen LogP contribution in [0.3, 0.4) is 0 Å². The van der Waals surface area contributed by atoms with Crippen LogP contribution in [-0.2, 0) is 6.18 Å². The Labute approximate surface area is 82.3 Å². The summed E-state index contributed by atoms with van der Waals surface area (Å²) in [4.78, 5) is 13.2. The first-order chi connectivity index (χ1) is 5.82. The third-order valence-electron chi connectivity index (χ3n) is 1.03. The van der Waals surface area contributed by atoms with Crippen molar-refractivity contribution in [1.29, 1.82) is 0 Å². The molecule has 8 heteroatoms. The average Bonchev–Trinajstić information content (AvgIpc) is 2.29. The summed E-state index contributed by atoms with van der Waals surface area (Å²) in [5, 5.41) is 7.22. The summed E-state index contributed by atoms with van der Waals surface area (Å²) >= 11 is 2.93. The van der Waals surface area contributed by atoms with E-state index < -0.39 is 22.8 Å². The van der Waals surface area contributed by atoms with E-state index in [1.165, 1.54) is 0 Å². The Balaban J connectivity index is 3.17. The molecule has 0 aliphatic heterocycles. The maximum Gasteiger partial charge on any atom is 0.443 e. The molecule has 72 valence electrons. The summed E-state index contributed by atoms with van der Waals surface area (Å²) in [6.45, 7) is 0. The van der Waals surface area contributed by atoms with E-state index in [0.29, 0.717) is 0 Å². The highest BCUT2D eigenvalue weighted by Gasteiger charge is 2.36. The average molecular weight is 276 g/mol. The van der Waals surface area contributed by atoms with Crippen molar-refractivity contribution in [2.24, 2.45) is 0 Å². The second-order valence-corrected chi connectivity index (χ2v) is 4.26. The van der Waals surface area contributed by atoms with Crippen molar-refractivity contribution in [2.75, 3.05) is 0 Å². The number of carboxylic acids is 1. The van der Waals surface area contributed by atoms with Gasteiger partial charge in [-0.1, -0.05) is 0 Å². The minimum Gasteiger partial charge on any atom is -0.476 e. The highest BCUT2D eigenvalue weighted by atomic mass is 79.9. The molecular weight excluding hydrogens is 275 g/mol. The molecule has 13 heavy (non-hydrogen) atoms. The predicted molar refractivity (Wildman–Crippen MR) is 41.8 cm³/mol. The number of hydrogen-bond donors (Lipinski definition) is 1. The molecule has 1 N–H and O–H groups in total. The summed E-state index contributed by atoms with van der Waals surface area (Å²) in [5.74, 6) is -1.49. The van der Waals surface area contributed by atoms with Gasteiger partial charge in [0, 0.05) is 0 Å². The quantitative estimate of drug-likeness (QED) is 0.857. The van der Waals surface area contributed by atoms with Crippen LogP contribution in [-0.4, -0.2) is 16.1 Å². The normalized spacial score (nSPS) is 11.7. The molecule has 0 fully saturated rings. The molecule has 0 radical (unpaired) electrons. The minimum atomic E-state index is -4.60. The van der Waals surface area contributed by atoms with E-state index in [-0.39, 0.29) is 15.1 Å². The van der Waals surface area contributed by atoms with E-state index in [1.807, 2.05) is 0 Å².